The zero-order chi connectivity index (χ0) is 14.4. The molecule has 1 aliphatic rings. The van der Waals surface area contributed by atoms with Gasteiger partial charge in [-0.05, 0) is 12.8 Å². The normalized spacial score (nSPS) is 17.1. The number of hydrogen-bond acceptors (Lipinski definition) is 5. The predicted octanol–water partition coefficient (Wildman–Crippen LogP) is 0.986. The first-order chi connectivity index (χ1) is 9.62. The molecule has 8 heteroatoms. The molecule has 20 heavy (non-hydrogen) atoms. The predicted molar refractivity (Wildman–Crippen MR) is 80.6 cm³/mol. The summed E-state index contributed by atoms with van der Waals surface area (Å²) in [6, 6.07) is 0. The quantitative estimate of drug-likeness (QED) is 0.814. The number of nitrogens with two attached hydrogens (primary N) is 1. The molecular formula is C12H18N4O2S2. The van der Waals surface area contributed by atoms with E-state index in [2.05, 4.69) is 21.5 Å². The van der Waals surface area contributed by atoms with E-state index in [1.165, 1.54) is 15.6 Å². The Morgan fingerprint density at radius 3 is 2.70 bits per heavy atom. The minimum Gasteiger partial charge on any atom is -0.320 e. The molecule has 2 heterocycles. The molecule has 0 spiro atoms. The summed E-state index contributed by atoms with van der Waals surface area (Å²) >= 11 is 1.21. The van der Waals surface area contributed by atoms with Crippen molar-refractivity contribution in [2.24, 2.45) is 5.73 Å². The Balaban J connectivity index is 2.05. The number of hydrogen-bond donors (Lipinski definition) is 2. The van der Waals surface area contributed by atoms with Gasteiger partial charge in [-0.25, -0.2) is 9.71 Å². The van der Waals surface area contributed by atoms with Crippen LogP contribution in [0.15, 0.2) is 6.20 Å². The standard InChI is InChI=1S/C12H18N4O2S2/c13-7-5-6-11-10-14-12(19-11)15-20(17,18)16-8-3-1-2-4-9-16/h10H,1-4,7-9,13H2,(H,14,15). The Bertz CT molecular complexity index is 592. The Labute approximate surface area is 123 Å². The van der Waals surface area contributed by atoms with Gasteiger partial charge in [0.2, 0.25) is 0 Å². The van der Waals surface area contributed by atoms with Crippen LogP contribution >= 0.6 is 11.3 Å². The highest BCUT2D eigenvalue weighted by Crippen LogP contribution is 2.20. The van der Waals surface area contributed by atoms with Gasteiger partial charge < -0.3 is 5.73 Å². The smallest absolute Gasteiger partial charge is 0.303 e. The number of aromatic nitrogens is 1. The van der Waals surface area contributed by atoms with Crippen molar-refractivity contribution in [2.75, 3.05) is 24.4 Å². The first kappa shape index (κ1) is 15.3. The molecule has 1 saturated heterocycles. The van der Waals surface area contributed by atoms with Gasteiger partial charge >= 0.3 is 10.2 Å². The first-order valence-corrected chi connectivity index (χ1v) is 8.80. The average molecular weight is 314 g/mol. The molecule has 0 amide bonds. The monoisotopic (exact) mass is 314 g/mol. The van der Waals surface area contributed by atoms with Crippen molar-refractivity contribution < 1.29 is 8.42 Å². The van der Waals surface area contributed by atoms with Crippen LogP contribution in [0.5, 0.6) is 0 Å². The van der Waals surface area contributed by atoms with Crippen molar-refractivity contribution in [1.82, 2.24) is 9.29 Å². The van der Waals surface area contributed by atoms with Crippen LogP contribution in [0.4, 0.5) is 5.13 Å². The Kier molecular flexibility index (Phi) is 5.37. The maximum Gasteiger partial charge on any atom is 0.303 e. The molecule has 0 aliphatic carbocycles. The maximum absolute atomic E-state index is 12.3. The summed E-state index contributed by atoms with van der Waals surface area (Å²) in [6.07, 6.45) is 5.54. The van der Waals surface area contributed by atoms with Gasteiger partial charge in [-0.3, -0.25) is 0 Å². The van der Waals surface area contributed by atoms with E-state index in [-0.39, 0.29) is 6.54 Å². The highest BCUT2D eigenvalue weighted by Gasteiger charge is 2.23. The van der Waals surface area contributed by atoms with E-state index in [4.69, 9.17) is 5.73 Å². The molecule has 1 aromatic rings. The zero-order valence-corrected chi connectivity index (χ0v) is 12.8. The number of rotatable bonds is 3. The molecule has 1 aliphatic heterocycles. The van der Waals surface area contributed by atoms with E-state index in [9.17, 15) is 8.42 Å². The minimum absolute atomic E-state index is 0.271. The molecular weight excluding hydrogens is 296 g/mol. The van der Waals surface area contributed by atoms with Gasteiger partial charge in [-0.15, -0.1) is 0 Å². The lowest BCUT2D eigenvalue weighted by Crippen LogP contribution is -2.36. The van der Waals surface area contributed by atoms with Gasteiger partial charge in [0.15, 0.2) is 5.13 Å². The highest BCUT2D eigenvalue weighted by molar-refractivity contribution is 7.90. The molecule has 2 rings (SSSR count). The van der Waals surface area contributed by atoms with Crippen LogP contribution in [-0.4, -0.2) is 37.3 Å². The molecule has 0 bridgehead atoms. The molecule has 0 unspecified atom stereocenters. The number of nitrogens with one attached hydrogen (secondary N) is 1. The molecule has 0 radical (unpaired) electrons. The molecule has 6 nitrogen and oxygen atoms in total. The minimum atomic E-state index is -3.51. The second-order valence-corrected chi connectivity index (χ2v) is 7.16. The average Bonchev–Trinajstić information content (AvgIpc) is 2.67. The van der Waals surface area contributed by atoms with E-state index >= 15 is 0 Å². The molecule has 1 fully saturated rings. The Morgan fingerprint density at radius 1 is 1.35 bits per heavy atom. The summed E-state index contributed by atoms with van der Waals surface area (Å²) in [4.78, 5) is 4.73. The third-order valence-electron chi connectivity index (χ3n) is 2.94. The van der Waals surface area contributed by atoms with Crippen LogP contribution in [0.25, 0.3) is 0 Å². The van der Waals surface area contributed by atoms with Crippen LogP contribution in [0.2, 0.25) is 0 Å². The van der Waals surface area contributed by atoms with Crippen LogP contribution in [-0.2, 0) is 10.2 Å². The summed E-state index contributed by atoms with van der Waals surface area (Å²) < 4.78 is 28.5. The topological polar surface area (TPSA) is 88.3 Å². The number of anilines is 1. The first-order valence-electron chi connectivity index (χ1n) is 6.54. The van der Waals surface area contributed by atoms with Gasteiger partial charge in [-0.2, -0.15) is 12.7 Å². The summed E-state index contributed by atoms with van der Waals surface area (Å²) in [5, 5.41) is 0.343. The maximum atomic E-state index is 12.3. The van der Waals surface area contributed by atoms with Crippen LogP contribution in [0.1, 0.15) is 30.6 Å². The highest BCUT2D eigenvalue weighted by atomic mass is 32.2. The number of thiazole rings is 1. The SMILES string of the molecule is NCC#Cc1cnc(NS(=O)(=O)N2CCCCCC2)s1. The van der Waals surface area contributed by atoms with E-state index in [0.717, 1.165) is 25.7 Å². The fourth-order valence-corrected chi connectivity index (χ4v) is 4.14. The lowest BCUT2D eigenvalue weighted by Gasteiger charge is -2.19. The molecule has 0 atom stereocenters. The fraction of sp³-hybridized carbons (Fsp3) is 0.583. The van der Waals surface area contributed by atoms with E-state index in [1.807, 2.05) is 0 Å². The second kappa shape index (κ2) is 7.04. The van der Waals surface area contributed by atoms with Gasteiger partial charge in [0, 0.05) is 13.1 Å². The summed E-state index contributed by atoms with van der Waals surface area (Å²) in [5.41, 5.74) is 5.29. The van der Waals surface area contributed by atoms with Crippen molar-refractivity contribution in [3.8, 4) is 11.8 Å². The van der Waals surface area contributed by atoms with Gasteiger partial charge in [0.1, 0.15) is 0 Å². The molecule has 3 N–H and O–H groups in total. The van der Waals surface area contributed by atoms with Gasteiger partial charge in [-0.1, -0.05) is 36.0 Å². The van der Waals surface area contributed by atoms with Crippen molar-refractivity contribution in [1.29, 1.82) is 0 Å². The molecule has 0 saturated carbocycles. The lowest BCUT2D eigenvalue weighted by atomic mass is 10.2. The summed E-state index contributed by atoms with van der Waals surface area (Å²) in [5.74, 6) is 5.55. The van der Waals surface area contributed by atoms with E-state index in [1.54, 1.807) is 6.20 Å². The molecule has 1 aromatic heterocycles. The van der Waals surface area contributed by atoms with E-state index < -0.39 is 10.2 Å². The second-order valence-electron chi connectivity index (χ2n) is 4.46. The van der Waals surface area contributed by atoms with E-state index in [0.29, 0.717) is 23.1 Å². The van der Waals surface area contributed by atoms with Crippen LogP contribution in [0, 0.1) is 11.8 Å². The van der Waals surface area contributed by atoms with Crippen LogP contribution in [0.3, 0.4) is 0 Å². The van der Waals surface area contributed by atoms with Crippen molar-refractivity contribution >= 4 is 26.7 Å². The molecule has 0 aromatic carbocycles. The molecule has 110 valence electrons. The third-order valence-corrected chi connectivity index (χ3v) is 5.39. The Hall–Kier alpha value is -1.14. The lowest BCUT2D eigenvalue weighted by molar-refractivity contribution is 0.427. The van der Waals surface area contributed by atoms with Crippen LogP contribution < -0.4 is 10.5 Å². The number of nitrogens with zero attached hydrogens (tertiary/aromatic N) is 2. The summed E-state index contributed by atoms with van der Waals surface area (Å²) in [6.45, 7) is 1.41. The van der Waals surface area contributed by atoms with Crippen molar-refractivity contribution in [2.45, 2.75) is 25.7 Å². The summed E-state index contributed by atoms with van der Waals surface area (Å²) in [7, 11) is -3.51. The third kappa shape index (κ3) is 4.18. The largest absolute Gasteiger partial charge is 0.320 e. The van der Waals surface area contributed by atoms with Gasteiger partial charge in [0.25, 0.3) is 0 Å². The van der Waals surface area contributed by atoms with Crippen molar-refractivity contribution in [3.05, 3.63) is 11.1 Å². The van der Waals surface area contributed by atoms with Gasteiger partial charge in [0.05, 0.1) is 17.6 Å². The Morgan fingerprint density at radius 2 is 2.05 bits per heavy atom. The zero-order valence-electron chi connectivity index (χ0n) is 11.1. The van der Waals surface area contributed by atoms with Crippen molar-refractivity contribution in [3.63, 3.8) is 0 Å². The fourth-order valence-electron chi connectivity index (χ4n) is 1.97.